The Kier molecular flexibility index (Phi) is 4.97. The fourth-order valence-electron chi connectivity index (χ4n) is 2.31. The molecule has 0 radical (unpaired) electrons. The first kappa shape index (κ1) is 11.5. The Hall–Kier alpha value is -0.550. The predicted octanol–water partition coefficient (Wildman–Crippen LogP) is 2.85. The van der Waals surface area contributed by atoms with Gasteiger partial charge in [-0.2, -0.15) is 5.26 Å². The lowest BCUT2D eigenvalue weighted by molar-refractivity contribution is 0.279. The van der Waals surface area contributed by atoms with Crippen LogP contribution < -0.4 is 5.32 Å². The van der Waals surface area contributed by atoms with Crippen LogP contribution >= 0.6 is 0 Å². The van der Waals surface area contributed by atoms with Gasteiger partial charge in [0.25, 0.3) is 0 Å². The van der Waals surface area contributed by atoms with Crippen molar-refractivity contribution >= 4 is 0 Å². The molecule has 0 aromatic carbocycles. The Balaban J connectivity index is 2.44. The van der Waals surface area contributed by atoms with E-state index in [1.54, 1.807) is 0 Å². The number of nitrogens with zero attached hydrogens (tertiary/aromatic N) is 1. The summed E-state index contributed by atoms with van der Waals surface area (Å²) in [7, 11) is 0. The van der Waals surface area contributed by atoms with Crippen LogP contribution in [-0.4, -0.2) is 12.1 Å². The van der Waals surface area contributed by atoms with Crippen molar-refractivity contribution in [2.75, 3.05) is 0 Å². The molecule has 1 aliphatic rings. The van der Waals surface area contributed by atoms with E-state index in [4.69, 9.17) is 5.26 Å². The zero-order chi connectivity index (χ0) is 10.4. The molecular weight excluding hydrogens is 172 g/mol. The van der Waals surface area contributed by atoms with E-state index in [1.807, 2.05) is 0 Å². The van der Waals surface area contributed by atoms with Crippen LogP contribution in [0, 0.1) is 17.2 Å². The standard InChI is InChI=1S/C12H22N2/c1-3-11(4-2)14-12-8-6-5-7-10(12)9-13/h10-12,14H,3-8H2,1-2H3. The zero-order valence-electron chi connectivity index (χ0n) is 9.42. The Morgan fingerprint density at radius 1 is 1.29 bits per heavy atom. The van der Waals surface area contributed by atoms with Crippen molar-refractivity contribution in [1.82, 2.24) is 5.32 Å². The number of nitriles is 1. The van der Waals surface area contributed by atoms with Gasteiger partial charge in [-0.3, -0.25) is 0 Å². The molecule has 0 bridgehead atoms. The average molecular weight is 194 g/mol. The minimum atomic E-state index is 0.254. The normalized spacial score (nSPS) is 27.6. The number of hydrogen-bond donors (Lipinski definition) is 1. The van der Waals surface area contributed by atoms with E-state index < -0.39 is 0 Å². The van der Waals surface area contributed by atoms with Crippen LogP contribution in [0.4, 0.5) is 0 Å². The molecule has 0 aliphatic heterocycles. The molecule has 0 aromatic rings. The van der Waals surface area contributed by atoms with Gasteiger partial charge in [0.2, 0.25) is 0 Å². The molecule has 0 heterocycles. The molecule has 2 atom stereocenters. The van der Waals surface area contributed by atoms with Gasteiger partial charge in [0.1, 0.15) is 0 Å². The first-order valence-corrected chi connectivity index (χ1v) is 5.97. The minimum Gasteiger partial charge on any atom is -0.310 e. The molecule has 1 rings (SSSR count). The molecule has 0 amide bonds. The lowest BCUT2D eigenvalue weighted by Crippen LogP contribution is -2.43. The fraction of sp³-hybridized carbons (Fsp3) is 0.917. The fourth-order valence-corrected chi connectivity index (χ4v) is 2.31. The van der Waals surface area contributed by atoms with Crippen LogP contribution in [-0.2, 0) is 0 Å². The summed E-state index contributed by atoms with van der Waals surface area (Å²) in [6.07, 6.45) is 7.15. The topological polar surface area (TPSA) is 35.8 Å². The van der Waals surface area contributed by atoms with E-state index in [2.05, 4.69) is 25.2 Å². The average Bonchev–Trinajstić information content (AvgIpc) is 2.26. The van der Waals surface area contributed by atoms with Crippen molar-refractivity contribution in [1.29, 1.82) is 5.26 Å². The van der Waals surface area contributed by atoms with E-state index in [1.165, 1.54) is 32.1 Å². The van der Waals surface area contributed by atoms with Crippen LogP contribution in [0.1, 0.15) is 52.4 Å². The summed E-state index contributed by atoms with van der Waals surface area (Å²) >= 11 is 0. The van der Waals surface area contributed by atoms with Crippen molar-refractivity contribution in [2.24, 2.45) is 5.92 Å². The first-order valence-electron chi connectivity index (χ1n) is 5.97. The van der Waals surface area contributed by atoms with Crippen LogP contribution in [0.5, 0.6) is 0 Å². The van der Waals surface area contributed by atoms with Crippen LogP contribution in [0.25, 0.3) is 0 Å². The number of rotatable bonds is 4. The van der Waals surface area contributed by atoms with Crippen molar-refractivity contribution in [3.05, 3.63) is 0 Å². The Morgan fingerprint density at radius 2 is 1.93 bits per heavy atom. The molecule has 1 fully saturated rings. The van der Waals surface area contributed by atoms with Gasteiger partial charge in [-0.25, -0.2) is 0 Å². The van der Waals surface area contributed by atoms with Gasteiger partial charge in [-0.1, -0.05) is 26.7 Å². The van der Waals surface area contributed by atoms with E-state index in [0.29, 0.717) is 12.1 Å². The summed E-state index contributed by atoms with van der Waals surface area (Å²) in [5, 5.41) is 12.7. The highest BCUT2D eigenvalue weighted by atomic mass is 15.0. The largest absolute Gasteiger partial charge is 0.310 e. The second-order valence-electron chi connectivity index (χ2n) is 4.31. The molecule has 2 heteroatoms. The smallest absolute Gasteiger partial charge is 0.0672 e. The monoisotopic (exact) mass is 194 g/mol. The van der Waals surface area contributed by atoms with E-state index in [-0.39, 0.29) is 5.92 Å². The van der Waals surface area contributed by atoms with Gasteiger partial charge < -0.3 is 5.32 Å². The molecule has 0 spiro atoms. The molecule has 0 saturated heterocycles. The lowest BCUT2D eigenvalue weighted by atomic mass is 9.85. The van der Waals surface area contributed by atoms with E-state index in [0.717, 1.165) is 6.42 Å². The van der Waals surface area contributed by atoms with Gasteiger partial charge in [0.05, 0.1) is 12.0 Å². The third-order valence-electron chi connectivity index (χ3n) is 3.37. The zero-order valence-corrected chi connectivity index (χ0v) is 9.42. The van der Waals surface area contributed by atoms with Gasteiger partial charge in [0, 0.05) is 12.1 Å². The molecule has 1 N–H and O–H groups in total. The second-order valence-corrected chi connectivity index (χ2v) is 4.31. The van der Waals surface area contributed by atoms with Gasteiger partial charge in [-0.05, 0) is 25.7 Å². The summed E-state index contributed by atoms with van der Waals surface area (Å²) in [4.78, 5) is 0. The highest BCUT2D eigenvalue weighted by molar-refractivity contribution is 4.95. The van der Waals surface area contributed by atoms with Gasteiger partial charge >= 0.3 is 0 Å². The molecule has 0 aromatic heterocycles. The molecule has 80 valence electrons. The molecule has 2 nitrogen and oxygen atoms in total. The molecule has 2 unspecified atom stereocenters. The highest BCUT2D eigenvalue weighted by Gasteiger charge is 2.25. The predicted molar refractivity (Wildman–Crippen MR) is 58.9 cm³/mol. The maximum absolute atomic E-state index is 9.03. The number of nitrogens with one attached hydrogen (secondary N) is 1. The maximum Gasteiger partial charge on any atom is 0.0672 e. The van der Waals surface area contributed by atoms with Crippen LogP contribution in [0.2, 0.25) is 0 Å². The highest BCUT2D eigenvalue weighted by Crippen LogP contribution is 2.24. The minimum absolute atomic E-state index is 0.254. The third-order valence-corrected chi connectivity index (χ3v) is 3.37. The van der Waals surface area contributed by atoms with Crippen molar-refractivity contribution in [2.45, 2.75) is 64.5 Å². The number of hydrogen-bond acceptors (Lipinski definition) is 2. The SMILES string of the molecule is CCC(CC)NC1CCCCC1C#N. The molecular formula is C12H22N2. The quantitative estimate of drug-likeness (QED) is 0.747. The molecule has 1 saturated carbocycles. The van der Waals surface area contributed by atoms with E-state index >= 15 is 0 Å². The van der Waals surface area contributed by atoms with Gasteiger partial charge in [-0.15, -0.1) is 0 Å². The first-order chi connectivity index (χ1) is 6.81. The third kappa shape index (κ3) is 2.99. The Morgan fingerprint density at radius 3 is 2.50 bits per heavy atom. The maximum atomic E-state index is 9.03. The molecule has 1 aliphatic carbocycles. The van der Waals surface area contributed by atoms with Crippen molar-refractivity contribution < 1.29 is 0 Å². The molecule has 14 heavy (non-hydrogen) atoms. The summed E-state index contributed by atoms with van der Waals surface area (Å²) in [5.41, 5.74) is 0. The Bertz CT molecular complexity index is 191. The lowest BCUT2D eigenvalue weighted by Gasteiger charge is -2.31. The summed E-state index contributed by atoms with van der Waals surface area (Å²) in [6.45, 7) is 4.43. The van der Waals surface area contributed by atoms with Crippen molar-refractivity contribution in [3.63, 3.8) is 0 Å². The summed E-state index contributed by atoms with van der Waals surface area (Å²) < 4.78 is 0. The summed E-state index contributed by atoms with van der Waals surface area (Å²) in [6, 6.07) is 3.51. The van der Waals surface area contributed by atoms with Crippen molar-refractivity contribution in [3.8, 4) is 6.07 Å². The van der Waals surface area contributed by atoms with E-state index in [9.17, 15) is 0 Å². The summed E-state index contributed by atoms with van der Waals surface area (Å²) in [5.74, 6) is 0.254. The van der Waals surface area contributed by atoms with Crippen LogP contribution in [0.15, 0.2) is 0 Å². The van der Waals surface area contributed by atoms with Crippen LogP contribution in [0.3, 0.4) is 0 Å². The second kappa shape index (κ2) is 6.03. The Labute approximate surface area is 87.7 Å². The van der Waals surface area contributed by atoms with Gasteiger partial charge in [0.15, 0.2) is 0 Å².